The Labute approximate surface area is 90.1 Å². The molecule has 0 spiro atoms. The minimum absolute atomic E-state index is 0.730. The Morgan fingerprint density at radius 2 is 1.62 bits per heavy atom. The summed E-state index contributed by atoms with van der Waals surface area (Å²) >= 11 is 0. The molecule has 1 aliphatic rings. The van der Waals surface area contributed by atoms with Crippen LogP contribution in [0.3, 0.4) is 0 Å². The molecule has 96 valence electrons. The molecule has 6 N–H and O–H groups in total. The summed E-state index contributed by atoms with van der Waals surface area (Å²) in [6.07, 6.45) is -8.11. The van der Waals surface area contributed by atoms with E-state index in [1.165, 1.54) is 0 Å². The third-order valence-corrected chi connectivity index (χ3v) is 2.58. The van der Waals surface area contributed by atoms with E-state index in [0.29, 0.717) is 0 Å². The zero-order chi connectivity index (χ0) is 12.5. The molecular weight excluding hydrogens is 247 g/mol. The van der Waals surface area contributed by atoms with Gasteiger partial charge in [-0.25, -0.2) is 4.57 Å². The maximum absolute atomic E-state index is 10.4. The van der Waals surface area contributed by atoms with Gasteiger partial charge < -0.3 is 34.9 Å². The number of hydrogen-bond acceptors (Lipinski definition) is 7. The Hall–Kier alpha value is -0.0900. The second-order valence-corrected chi connectivity index (χ2v) is 4.56. The minimum atomic E-state index is -4.73. The number of aliphatic hydroxyl groups is 4. The van der Waals surface area contributed by atoms with Crippen LogP contribution in [-0.2, 0) is 13.8 Å². The molecule has 0 aliphatic carbocycles. The van der Waals surface area contributed by atoms with Crippen molar-refractivity contribution >= 4 is 7.82 Å². The average molecular weight is 260 g/mol. The zero-order valence-electron chi connectivity index (χ0n) is 7.95. The van der Waals surface area contributed by atoms with Crippen molar-refractivity contribution in [1.29, 1.82) is 0 Å². The van der Waals surface area contributed by atoms with E-state index in [9.17, 15) is 14.8 Å². The van der Waals surface area contributed by atoms with Crippen LogP contribution in [0.1, 0.15) is 0 Å². The van der Waals surface area contributed by atoms with E-state index < -0.39 is 45.1 Å². The van der Waals surface area contributed by atoms with Crippen LogP contribution in [0.4, 0.5) is 0 Å². The number of phosphoric acid groups is 1. The van der Waals surface area contributed by atoms with Gasteiger partial charge in [0.2, 0.25) is 0 Å². The van der Waals surface area contributed by atoms with Crippen molar-refractivity contribution in [3.05, 3.63) is 0 Å². The second kappa shape index (κ2) is 5.05. The first-order chi connectivity index (χ1) is 7.22. The van der Waals surface area contributed by atoms with Gasteiger partial charge in [0, 0.05) is 0 Å². The lowest BCUT2D eigenvalue weighted by Crippen LogP contribution is -2.58. The minimum Gasteiger partial charge on any atom is -0.387 e. The van der Waals surface area contributed by atoms with Crippen LogP contribution in [-0.4, -0.2) is 67.5 Å². The first kappa shape index (κ1) is 14.0. The summed E-state index contributed by atoms with van der Waals surface area (Å²) in [5.41, 5.74) is 0. The standard InChI is InChI=1S/C6H13O9P/c7-3-2(1-14-16(11,12)13)15-6(10)5(9)4(3)8/h2-10H,1H2,(H2,11,12,13)/t2?,3?,4-,5+,6+/m1/s1. The number of rotatable bonds is 3. The van der Waals surface area contributed by atoms with Crippen molar-refractivity contribution in [1.82, 2.24) is 0 Å². The molecule has 0 saturated carbocycles. The molecule has 1 rings (SSSR count). The van der Waals surface area contributed by atoms with Crippen LogP contribution in [0.15, 0.2) is 0 Å². The summed E-state index contributed by atoms with van der Waals surface area (Å²) in [7, 11) is -4.73. The first-order valence-corrected chi connectivity index (χ1v) is 5.83. The second-order valence-electron chi connectivity index (χ2n) is 3.32. The highest BCUT2D eigenvalue weighted by molar-refractivity contribution is 7.46. The molecular formula is C6H13O9P. The fourth-order valence-corrected chi connectivity index (χ4v) is 1.58. The Bertz CT molecular complexity index is 277. The Morgan fingerprint density at radius 3 is 2.12 bits per heavy atom. The Morgan fingerprint density at radius 1 is 1.06 bits per heavy atom. The van der Waals surface area contributed by atoms with Gasteiger partial charge in [0.15, 0.2) is 6.29 Å². The summed E-state index contributed by atoms with van der Waals surface area (Å²) in [5.74, 6) is 0. The molecule has 1 fully saturated rings. The first-order valence-electron chi connectivity index (χ1n) is 4.30. The van der Waals surface area contributed by atoms with Gasteiger partial charge in [0.1, 0.15) is 24.4 Å². The molecule has 0 aromatic carbocycles. The summed E-state index contributed by atoms with van der Waals surface area (Å²) in [4.78, 5) is 16.8. The van der Waals surface area contributed by atoms with Gasteiger partial charge in [0.25, 0.3) is 0 Å². The summed E-state index contributed by atoms with van der Waals surface area (Å²) in [5, 5.41) is 36.7. The largest absolute Gasteiger partial charge is 0.469 e. The van der Waals surface area contributed by atoms with Crippen LogP contribution < -0.4 is 0 Å². The molecule has 1 heterocycles. The Balaban J connectivity index is 2.57. The van der Waals surface area contributed by atoms with E-state index in [2.05, 4.69) is 9.26 Å². The van der Waals surface area contributed by atoms with E-state index >= 15 is 0 Å². The molecule has 16 heavy (non-hydrogen) atoms. The molecule has 1 aliphatic heterocycles. The van der Waals surface area contributed by atoms with Crippen LogP contribution >= 0.6 is 7.82 Å². The van der Waals surface area contributed by atoms with Gasteiger partial charge in [-0.3, -0.25) is 4.52 Å². The quantitative estimate of drug-likeness (QED) is 0.289. The van der Waals surface area contributed by atoms with Crippen LogP contribution in [0.2, 0.25) is 0 Å². The SMILES string of the molecule is O=P(O)(O)OCC1O[C@H](O)[C@@H](O)[C@H](O)C1O. The topological polar surface area (TPSA) is 157 Å². The molecule has 1 saturated heterocycles. The molecule has 0 amide bonds. The highest BCUT2D eigenvalue weighted by Gasteiger charge is 2.43. The van der Waals surface area contributed by atoms with Crippen LogP contribution in [0.5, 0.6) is 0 Å². The monoisotopic (exact) mass is 260 g/mol. The van der Waals surface area contributed by atoms with Gasteiger partial charge in [-0.1, -0.05) is 0 Å². The molecule has 0 aromatic heterocycles. The van der Waals surface area contributed by atoms with Gasteiger partial charge in [-0.15, -0.1) is 0 Å². The van der Waals surface area contributed by atoms with Crippen molar-refractivity contribution < 1.29 is 44.0 Å². The highest BCUT2D eigenvalue weighted by Crippen LogP contribution is 2.36. The number of ether oxygens (including phenoxy) is 1. The van der Waals surface area contributed by atoms with Gasteiger partial charge >= 0.3 is 7.82 Å². The fraction of sp³-hybridized carbons (Fsp3) is 1.00. The van der Waals surface area contributed by atoms with E-state index in [-0.39, 0.29) is 0 Å². The average Bonchev–Trinajstić information content (AvgIpc) is 2.17. The van der Waals surface area contributed by atoms with Gasteiger partial charge in [0.05, 0.1) is 6.61 Å². The van der Waals surface area contributed by atoms with Gasteiger partial charge in [-0.05, 0) is 0 Å². The molecule has 0 bridgehead atoms. The van der Waals surface area contributed by atoms with Crippen LogP contribution in [0.25, 0.3) is 0 Å². The smallest absolute Gasteiger partial charge is 0.387 e. The maximum atomic E-state index is 10.4. The van der Waals surface area contributed by atoms with Crippen molar-refractivity contribution in [2.45, 2.75) is 30.7 Å². The molecule has 0 aromatic rings. The van der Waals surface area contributed by atoms with Crippen molar-refractivity contribution in [2.24, 2.45) is 0 Å². The molecule has 0 radical (unpaired) electrons. The molecule has 5 atom stereocenters. The molecule has 10 heteroatoms. The lowest BCUT2D eigenvalue weighted by Gasteiger charge is -2.38. The normalized spacial score (nSPS) is 41.0. The van der Waals surface area contributed by atoms with Gasteiger partial charge in [-0.2, -0.15) is 0 Å². The van der Waals surface area contributed by atoms with E-state index in [0.717, 1.165) is 0 Å². The number of phosphoric ester groups is 1. The third kappa shape index (κ3) is 3.45. The molecule has 9 nitrogen and oxygen atoms in total. The van der Waals surface area contributed by atoms with E-state index in [1.54, 1.807) is 0 Å². The summed E-state index contributed by atoms with van der Waals surface area (Å²) < 4.78 is 19.0. The van der Waals surface area contributed by atoms with Crippen LogP contribution in [0, 0.1) is 0 Å². The predicted octanol–water partition coefficient (Wildman–Crippen LogP) is -3.10. The fourth-order valence-electron chi connectivity index (χ4n) is 1.24. The zero-order valence-corrected chi connectivity index (χ0v) is 8.84. The maximum Gasteiger partial charge on any atom is 0.469 e. The van der Waals surface area contributed by atoms with Crippen molar-refractivity contribution in [3.8, 4) is 0 Å². The van der Waals surface area contributed by atoms with Crippen molar-refractivity contribution in [2.75, 3.05) is 6.61 Å². The number of aliphatic hydroxyl groups excluding tert-OH is 4. The lowest BCUT2D eigenvalue weighted by atomic mass is 10.00. The molecule has 2 unspecified atom stereocenters. The number of hydrogen-bond donors (Lipinski definition) is 6. The van der Waals surface area contributed by atoms with E-state index in [4.69, 9.17) is 20.0 Å². The predicted molar refractivity (Wildman–Crippen MR) is 46.9 cm³/mol. The third-order valence-electron chi connectivity index (χ3n) is 2.09. The highest BCUT2D eigenvalue weighted by atomic mass is 31.2. The Kier molecular flexibility index (Phi) is 4.41. The summed E-state index contributed by atoms with van der Waals surface area (Å²) in [6, 6.07) is 0. The lowest BCUT2D eigenvalue weighted by molar-refractivity contribution is -0.285. The van der Waals surface area contributed by atoms with Crippen molar-refractivity contribution in [3.63, 3.8) is 0 Å². The van der Waals surface area contributed by atoms with E-state index in [1.807, 2.05) is 0 Å². The summed E-state index contributed by atoms with van der Waals surface area (Å²) in [6.45, 7) is -0.730.